The van der Waals surface area contributed by atoms with Crippen LogP contribution in [-0.4, -0.2) is 43.7 Å². The van der Waals surface area contributed by atoms with Crippen LogP contribution in [0.2, 0.25) is 0 Å². The standard InChI is InChI=1S/C20H26N2O3S/c1-15(2)22(14-17-9-7-6-8-10-17)20(23)18-12-11-16(3)19(13-18)26(24,25)21(4)5/h6-13,15H,14H2,1-5H3. The second-order valence-electron chi connectivity index (χ2n) is 6.78. The Morgan fingerprint density at radius 2 is 1.65 bits per heavy atom. The maximum Gasteiger partial charge on any atom is 0.254 e. The van der Waals surface area contributed by atoms with E-state index in [0.717, 1.165) is 9.87 Å². The molecule has 0 heterocycles. The minimum Gasteiger partial charge on any atom is -0.332 e. The number of benzene rings is 2. The Morgan fingerprint density at radius 1 is 1.04 bits per heavy atom. The zero-order chi connectivity index (χ0) is 19.5. The highest BCUT2D eigenvalue weighted by atomic mass is 32.2. The average molecular weight is 375 g/mol. The number of hydrogen-bond donors (Lipinski definition) is 0. The van der Waals surface area contributed by atoms with Gasteiger partial charge in [-0.05, 0) is 44.0 Å². The Hall–Kier alpha value is -2.18. The maximum absolute atomic E-state index is 13.1. The van der Waals surface area contributed by atoms with Crippen molar-refractivity contribution in [2.75, 3.05) is 14.1 Å². The summed E-state index contributed by atoms with van der Waals surface area (Å²) in [4.78, 5) is 15.0. The second-order valence-corrected chi connectivity index (χ2v) is 8.90. The van der Waals surface area contributed by atoms with Crippen LogP contribution >= 0.6 is 0 Å². The van der Waals surface area contributed by atoms with Crippen molar-refractivity contribution in [2.24, 2.45) is 0 Å². The molecule has 0 aliphatic carbocycles. The summed E-state index contributed by atoms with van der Waals surface area (Å²) in [5.41, 5.74) is 2.03. The molecular weight excluding hydrogens is 348 g/mol. The summed E-state index contributed by atoms with van der Waals surface area (Å²) < 4.78 is 26.2. The van der Waals surface area contributed by atoms with Crippen LogP contribution in [0.4, 0.5) is 0 Å². The highest BCUT2D eigenvalue weighted by Crippen LogP contribution is 2.22. The quantitative estimate of drug-likeness (QED) is 0.779. The first-order valence-electron chi connectivity index (χ1n) is 8.52. The molecule has 2 rings (SSSR count). The lowest BCUT2D eigenvalue weighted by atomic mass is 10.1. The van der Waals surface area contributed by atoms with Crippen molar-refractivity contribution in [3.63, 3.8) is 0 Å². The molecule has 0 saturated carbocycles. The van der Waals surface area contributed by atoms with Crippen molar-refractivity contribution in [2.45, 2.75) is 38.3 Å². The molecule has 26 heavy (non-hydrogen) atoms. The van der Waals surface area contributed by atoms with Gasteiger partial charge in [-0.15, -0.1) is 0 Å². The molecule has 0 saturated heterocycles. The summed E-state index contributed by atoms with van der Waals surface area (Å²) in [5, 5.41) is 0. The summed E-state index contributed by atoms with van der Waals surface area (Å²) in [6.07, 6.45) is 0. The van der Waals surface area contributed by atoms with Crippen LogP contribution in [0.3, 0.4) is 0 Å². The first-order chi connectivity index (χ1) is 12.1. The van der Waals surface area contributed by atoms with Crippen LogP contribution in [-0.2, 0) is 16.6 Å². The fraction of sp³-hybridized carbons (Fsp3) is 0.350. The van der Waals surface area contributed by atoms with Crippen LogP contribution in [0.15, 0.2) is 53.4 Å². The number of aryl methyl sites for hydroxylation is 1. The van der Waals surface area contributed by atoms with E-state index in [1.165, 1.54) is 20.2 Å². The van der Waals surface area contributed by atoms with Gasteiger partial charge in [-0.2, -0.15) is 0 Å². The van der Waals surface area contributed by atoms with E-state index in [1.807, 2.05) is 44.2 Å². The second kappa shape index (κ2) is 8.01. The smallest absolute Gasteiger partial charge is 0.254 e. The van der Waals surface area contributed by atoms with Crippen LogP contribution < -0.4 is 0 Å². The molecule has 0 fully saturated rings. The third-order valence-corrected chi connectivity index (χ3v) is 6.23. The van der Waals surface area contributed by atoms with E-state index in [2.05, 4.69) is 0 Å². The number of amides is 1. The van der Waals surface area contributed by atoms with Gasteiger partial charge in [0.05, 0.1) is 4.90 Å². The first-order valence-corrected chi connectivity index (χ1v) is 9.96. The van der Waals surface area contributed by atoms with Crippen molar-refractivity contribution in [1.29, 1.82) is 0 Å². The fourth-order valence-electron chi connectivity index (χ4n) is 2.64. The Morgan fingerprint density at radius 3 is 2.19 bits per heavy atom. The van der Waals surface area contributed by atoms with Crippen molar-refractivity contribution >= 4 is 15.9 Å². The third-order valence-electron chi connectivity index (χ3n) is 4.27. The molecule has 140 valence electrons. The zero-order valence-corrected chi connectivity index (χ0v) is 16.7. The van der Waals surface area contributed by atoms with Gasteiger partial charge in [0, 0.05) is 32.2 Å². The molecule has 5 nitrogen and oxygen atoms in total. The van der Waals surface area contributed by atoms with Crippen molar-refractivity contribution in [3.8, 4) is 0 Å². The van der Waals surface area contributed by atoms with Crippen LogP contribution in [0, 0.1) is 6.92 Å². The van der Waals surface area contributed by atoms with E-state index in [-0.39, 0.29) is 16.8 Å². The zero-order valence-electron chi connectivity index (χ0n) is 15.9. The van der Waals surface area contributed by atoms with Gasteiger partial charge < -0.3 is 4.90 Å². The normalized spacial score (nSPS) is 11.8. The molecule has 0 atom stereocenters. The molecule has 0 aromatic heterocycles. The molecule has 0 N–H and O–H groups in total. The van der Waals surface area contributed by atoms with Gasteiger partial charge in [0.1, 0.15) is 0 Å². The topological polar surface area (TPSA) is 57.7 Å². The summed E-state index contributed by atoms with van der Waals surface area (Å²) in [5.74, 6) is -0.181. The third kappa shape index (κ3) is 4.31. The van der Waals surface area contributed by atoms with Gasteiger partial charge in [0.2, 0.25) is 10.0 Å². The lowest BCUT2D eigenvalue weighted by Gasteiger charge is -2.27. The largest absolute Gasteiger partial charge is 0.332 e. The number of rotatable bonds is 6. The summed E-state index contributed by atoms with van der Waals surface area (Å²) in [6.45, 7) is 6.11. The maximum atomic E-state index is 13.1. The minimum atomic E-state index is -3.61. The van der Waals surface area contributed by atoms with Crippen LogP contribution in [0.25, 0.3) is 0 Å². The molecule has 2 aromatic carbocycles. The van der Waals surface area contributed by atoms with E-state index < -0.39 is 10.0 Å². The lowest BCUT2D eigenvalue weighted by Crippen LogP contribution is -2.36. The van der Waals surface area contributed by atoms with E-state index in [9.17, 15) is 13.2 Å². The Kier molecular flexibility index (Phi) is 6.21. The monoisotopic (exact) mass is 374 g/mol. The van der Waals surface area contributed by atoms with E-state index in [4.69, 9.17) is 0 Å². The Bertz CT molecular complexity index is 875. The van der Waals surface area contributed by atoms with Gasteiger partial charge in [-0.25, -0.2) is 12.7 Å². The highest BCUT2D eigenvalue weighted by molar-refractivity contribution is 7.89. The van der Waals surface area contributed by atoms with Gasteiger partial charge in [-0.1, -0.05) is 36.4 Å². The first kappa shape index (κ1) is 20.1. The van der Waals surface area contributed by atoms with Gasteiger partial charge in [-0.3, -0.25) is 4.79 Å². The molecule has 1 amide bonds. The SMILES string of the molecule is Cc1ccc(C(=O)N(Cc2ccccc2)C(C)C)cc1S(=O)(=O)N(C)C. The molecule has 0 spiro atoms. The number of sulfonamides is 1. The van der Waals surface area contributed by atoms with E-state index in [0.29, 0.717) is 17.7 Å². The Balaban J connectivity index is 2.41. The Labute approximate surface area is 156 Å². The van der Waals surface area contributed by atoms with E-state index >= 15 is 0 Å². The predicted octanol–water partition coefficient (Wildman–Crippen LogP) is 3.30. The molecular formula is C20H26N2O3S. The number of carbonyl (C=O) groups excluding carboxylic acids is 1. The molecule has 0 unspecified atom stereocenters. The van der Waals surface area contributed by atoms with Crippen molar-refractivity contribution in [1.82, 2.24) is 9.21 Å². The van der Waals surface area contributed by atoms with E-state index in [1.54, 1.807) is 24.0 Å². The predicted molar refractivity (Wildman–Crippen MR) is 104 cm³/mol. The molecule has 0 aliphatic rings. The average Bonchev–Trinajstić information content (AvgIpc) is 2.59. The summed E-state index contributed by atoms with van der Waals surface area (Å²) in [6, 6.07) is 14.6. The summed E-state index contributed by atoms with van der Waals surface area (Å²) >= 11 is 0. The molecule has 6 heteroatoms. The van der Waals surface area contributed by atoms with Crippen molar-refractivity contribution < 1.29 is 13.2 Å². The lowest BCUT2D eigenvalue weighted by molar-refractivity contribution is 0.0690. The van der Waals surface area contributed by atoms with Gasteiger partial charge >= 0.3 is 0 Å². The fourth-order valence-corrected chi connectivity index (χ4v) is 3.79. The molecule has 0 radical (unpaired) electrons. The van der Waals surface area contributed by atoms with Crippen molar-refractivity contribution in [3.05, 3.63) is 65.2 Å². The van der Waals surface area contributed by atoms with Gasteiger partial charge in [0.25, 0.3) is 5.91 Å². The number of nitrogens with zero attached hydrogens (tertiary/aromatic N) is 2. The number of hydrogen-bond acceptors (Lipinski definition) is 3. The van der Waals surface area contributed by atoms with Gasteiger partial charge in [0.15, 0.2) is 0 Å². The minimum absolute atomic E-state index is 0.0158. The van der Waals surface area contributed by atoms with Crippen LogP contribution in [0.5, 0.6) is 0 Å². The highest BCUT2D eigenvalue weighted by Gasteiger charge is 2.24. The molecule has 0 aliphatic heterocycles. The molecule has 0 bridgehead atoms. The molecule has 2 aromatic rings. The number of carbonyl (C=O) groups is 1. The summed E-state index contributed by atoms with van der Waals surface area (Å²) in [7, 11) is -0.635. The van der Waals surface area contributed by atoms with Crippen LogP contribution in [0.1, 0.15) is 35.3 Å².